The molecule has 6 nitrogen and oxygen atoms in total. The minimum absolute atomic E-state index is 0.186. The number of nitrogens with two attached hydrogens (primary N) is 1. The molecular weight excluding hydrogens is 352 g/mol. The van der Waals surface area contributed by atoms with Crippen molar-refractivity contribution in [2.24, 2.45) is 11.7 Å². The Kier molecular flexibility index (Phi) is 8.58. The van der Waals surface area contributed by atoms with Crippen molar-refractivity contribution in [1.29, 1.82) is 0 Å². The number of piperazine rings is 1. The van der Waals surface area contributed by atoms with Crippen LogP contribution < -0.4 is 5.73 Å². The molecule has 0 aromatic heterocycles. The number of hydrogen-bond acceptors (Lipinski definition) is 5. The fourth-order valence-corrected chi connectivity index (χ4v) is 4.16. The molecule has 28 heavy (non-hydrogen) atoms. The van der Waals surface area contributed by atoms with E-state index in [9.17, 15) is 4.79 Å². The number of carbonyl (C=O) groups excluding carboxylic acids is 1. The summed E-state index contributed by atoms with van der Waals surface area (Å²) in [6.45, 7) is 9.43. The Bertz CT molecular complexity index is 567. The van der Waals surface area contributed by atoms with Crippen LogP contribution in [0, 0.1) is 5.92 Å². The van der Waals surface area contributed by atoms with Gasteiger partial charge in [0.15, 0.2) is 0 Å². The van der Waals surface area contributed by atoms with Crippen molar-refractivity contribution in [2.45, 2.75) is 32.3 Å². The number of rotatable bonds is 8. The van der Waals surface area contributed by atoms with Crippen LogP contribution in [0.2, 0.25) is 0 Å². The quantitative estimate of drug-likeness (QED) is 0.693. The summed E-state index contributed by atoms with van der Waals surface area (Å²) >= 11 is 0. The van der Waals surface area contributed by atoms with E-state index in [1.165, 1.54) is 45.4 Å². The fourth-order valence-electron chi connectivity index (χ4n) is 4.16. The zero-order valence-corrected chi connectivity index (χ0v) is 17.1. The molecule has 2 heterocycles. The van der Waals surface area contributed by atoms with Gasteiger partial charge in [0.05, 0.1) is 0 Å². The first kappa shape index (κ1) is 21.1. The molecule has 2 N–H and O–H groups in total. The van der Waals surface area contributed by atoms with E-state index in [-0.39, 0.29) is 6.09 Å². The summed E-state index contributed by atoms with van der Waals surface area (Å²) in [6.07, 6.45) is 4.76. The molecule has 1 aromatic rings. The van der Waals surface area contributed by atoms with Gasteiger partial charge in [0, 0.05) is 32.7 Å². The number of likely N-dealkylation sites (tertiary alicyclic amines) is 1. The molecule has 0 spiro atoms. The van der Waals surface area contributed by atoms with E-state index in [1.54, 1.807) is 0 Å². The maximum atomic E-state index is 12.3. The molecule has 1 amide bonds. The van der Waals surface area contributed by atoms with E-state index >= 15 is 0 Å². The van der Waals surface area contributed by atoms with Crippen LogP contribution in [0.15, 0.2) is 30.3 Å². The Morgan fingerprint density at radius 2 is 1.68 bits per heavy atom. The zero-order chi connectivity index (χ0) is 19.6. The van der Waals surface area contributed by atoms with Crippen LogP contribution in [0.1, 0.15) is 31.2 Å². The number of nitrogens with zero attached hydrogens (tertiary/aromatic N) is 3. The molecule has 3 rings (SSSR count). The van der Waals surface area contributed by atoms with Crippen molar-refractivity contribution < 1.29 is 9.53 Å². The topological polar surface area (TPSA) is 62.0 Å². The van der Waals surface area contributed by atoms with Crippen LogP contribution in [0.4, 0.5) is 4.79 Å². The summed E-state index contributed by atoms with van der Waals surface area (Å²) in [4.78, 5) is 19.2. The first-order chi connectivity index (χ1) is 13.7. The molecule has 6 heteroatoms. The molecule has 2 saturated heterocycles. The maximum Gasteiger partial charge on any atom is 0.410 e. The normalized spacial score (nSPS) is 19.7. The molecule has 2 aliphatic heterocycles. The van der Waals surface area contributed by atoms with Gasteiger partial charge in [-0.25, -0.2) is 4.79 Å². The van der Waals surface area contributed by atoms with Gasteiger partial charge in [-0.05, 0) is 63.3 Å². The molecule has 156 valence electrons. The highest BCUT2D eigenvalue weighted by molar-refractivity contribution is 5.67. The highest BCUT2D eigenvalue weighted by atomic mass is 16.6. The third-order valence-corrected chi connectivity index (χ3v) is 5.99. The molecular formula is C22H36N4O2. The van der Waals surface area contributed by atoms with Gasteiger partial charge in [-0.2, -0.15) is 0 Å². The number of hydrogen-bond donors (Lipinski definition) is 1. The molecule has 0 aliphatic carbocycles. The van der Waals surface area contributed by atoms with Crippen molar-refractivity contribution in [3.05, 3.63) is 35.9 Å². The Morgan fingerprint density at radius 3 is 2.36 bits per heavy atom. The first-order valence-corrected chi connectivity index (χ1v) is 10.8. The van der Waals surface area contributed by atoms with Crippen molar-refractivity contribution in [1.82, 2.24) is 14.7 Å². The lowest BCUT2D eigenvalue weighted by Gasteiger charge is -2.38. The van der Waals surface area contributed by atoms with Crippen LogP contribution >= 0.6 is 0 Å². The summed E-state index contributed by atoms with van der Waals surface area (Å²) < 4.78 is 5.46. The molecule has 0 radical (unpaired) electrons. The van der Waals surface area contributed by atoms with E-state index in [4.69, 9.17) is 10.5 Å². The second-order valence-electron chi connectivity index (χ2n) is 8.11. The molecule has 0 atom stereocenters. The summed E-state index contributed by atoms with van der Waals surface area (Å²) in [7, 11) is 0. The third-order valence-electron chi connectivity index (χ3n) is 5.99. The van der Waals surface area contributed by atoms with Gasteiger partial charge >= 0.3 is 6.09 Å². The largest absolute Gasteiger partial charge is 0.445 e. The predicted octanol–water partition coefficient (Wildman–Crippen LogP) is 2.39. The summed E-state index contributed by atoms with van der Waals surface area (Å²) in [6, 6.07) is 9.86. The number of benzene rings is 1. The Balaban J connectivity index is 1.29. The van der Waals surface area contributed by atoms with Gasteiger partial charge in [0.2, 0.25) is 0 Å². The number of ether oxygens (including phenoxy) is 1. The lowest BCUT2D eigenvalue weighted by atomic mass is 9.95. The standard InChI is InChI=1S/C22H36N4O2/c23-10-4-5-11-24-12-8-20(9-13-24)18-25-14-16-26(17-15-25)22(27)28-19-21-6-2-1-3-7-21/h1-3,6-7,20H,4-5,8-19,23H2. The van der Waals surface area contributed by atoms with Crippen molar-refractivity contribution in [2.75, 3.05) is 58.9 Å². The summed E-state index contributed by atoms with van der Waals surface area (Å²) in [5.41, 5.74) is 6.62. The fraction of sp³-hybridized carbons (Fsp3) is 0.682. The lowest BCUT2D eigenvalue weighted by molar-refractivity contribution is 0.0626. The van der Waals surface area contributed by atoms with Crippen molar-refractivity contribution >= 4 is 6.09 Å². The van der Waals surface area contributed by atoms with E-state index in [0.717, 1.165) is 50.6 Å². The maximum absolute atomic E-state index is 12.3. The van der Waals surface area contributed by atoms with Gasteiger partial charge in [0.1, 0.15) is 6.61 Å². The third kappa shape index (κ3) is 6.76. The minimum atomic E-state index is -0.186. The van der Waals surface area contributed by atoms with E-state index < -0.39 is 0 Å². The molecule has 0 unspecified atom stereocenters. The van der Waals surface area contributed by atoms with Gasteiger partial charge < -0.3 is 20.3 Å². The summed E-state index contributed by atoms with van der Waals surface area (Å²) in [5.74, 6) is 0.794. The molecule has 0 bridgehead atoms. The number of unbranched alkanes of at least 4 members (excludes halogenated alkanes) is 1. The first-order valence-electron chi connectivity index (χ1n) is 10.8. The molecule has 2 aliphatic rings. The van der Waals surface area contributed by atoms with Gasteiger partial charge in [0.25, 0.3) is 0 Å². The number of carbonyl (C=O) groups is 1. The smallest absolute Gasteiger partial charge is 0.410 e. The molecule has 1 aromatic carbocycles. The van der Waals surface area contributed by atoms with Crippen LogP contribution in [-0.4, -0.2) is 79.7 Å². The average Bonchev–Trinajstić information content (AvgIpc) is 2.75. The SMILES string of the molecule is NCCCCN1CCC(CN2CCN(C(=O)OCc3ccccc3)CC2)CC1. The average molecular weight is 389 g/mol. The highest BCUT2D eigenvalue weighted by Gasteiger charge is 2.25. The number of piperidine rings is 1. The van der Waals surface area contributed by atoms with Gasteiger partial charge in [-0.3, -0.25) is 4.90 Å². The molecule has 2 fully saturated rings. The second-order valence-corrected chi connectivity index (χ2v) is 8.11. The van der Waals surface area contributed by atoms with E-state index in [1.807, 2.05) is 35.2 Å². The van der Waals surface area contributed by atoms with E-state index in [0.29, 0.717) is 6.61 Å². The van der Waals surface area contributed by atoms with E-state index in [2.05, 4.69) is 9.80 Å². The molecule has 0 saturated carbocycles. The lowest BCUT2D eigenvalue weighted by Crippen LogP contribution is -2.50. The predicted molar refractivity (Wildman–Crippen MR) is 112 cm³/mol. The monoisotopic (exact) mass is 388 g/mol. The van der Waals surface area contributed by atoms with Crippen LogP contribution in [0.25, 0.3) is 0 Å². The Morgan fingerprint density at radius 1 is 0.964 bits per heavy atom. The number of amides is 1. The van der Waals surface area contributed by atoms with Crippen LogP contribution in [-0.2, 0) is 11.3 Å². The van der Waals surface area contributed by atoms with Crippen molar-refractivity contribution in [3.8, 4) is 0 Å². The Hall–Kier alpha value is -1.63. The highest BCUT2D eigenvalue weighted by Crippen LogP contribution is 2.19. The van der Waals surface area contributed by atoms with Crippen LogP contribution in [0.3, 0.4) is 0 Å². The minimum Gasteiger partial charge on any atom is -0.445 e. The zero-order valence-electron chi connectivity index (χ0n) is 17.1. The van der Waals surface area contributed by atoms with Crippen molar-refractivity contribution in [3.63, 3.8) is 0 Å². The second kappa shape index (κ2) is 11.4. The van der Waals surface area contributed by atoms with Gasteiger partial charge in [-0.1, -0.05) is 30.3 Å². The van der Waals surface area contributed by atoms with Gasteiger partial charge in [-0.15, -0.1) is 0 Å². The summed E-state index contributed by atoms with van der Waals surface area (Å²) in [5, 5.41) is 0. The van der Waals surface area contributed by atoms with Crippen LogP contribution in [0.5, 0.6) is 0 Å². The Labute approximate surface area is 169 Å².